The van der Waals surface area contributed by atoms with E-state index in [1.807, 2.05) is 0 Å². The first-order chi connectivity index (χ1) is 15.2. The van der Waals surface area contributed by atoms with Crippen molar-refractivity contribution in [2.45, 2.75) is 23.8 Å². The summed E-state index contributed by atoms with van der Waals surface area (Å²) in [6, 6.07) is 10.2. The van der Waals surface area contributed by atoms with E-state index >= 15 is 0 Å². The number of sulfonamides is 1. The minimum Gasteiger partial charge on any atom is -0.377 e. The van der Waals surface area contributed by atoms with Crippen molar-refractivity contribution >= 4 is 33.4 Å². The van der Waals surface area contributed by atoms with E-state index in [9.17, 15) is 22.8 Å². The van der Waals surface area contributed by atoms with E-state index in [4.69, 9.17) is 4.74 Å². The van der Waals surface area contributed by atoms with Gasteiger partial charge in [-0.3, -0.25) is 19.3 Å². The third kappa shape index (κ3) is 3.92. The maximum Gasteiger partial charge on any atom is 0.263 e. The molecule has 1 unspecified atom stereocenters. The topological polar surface area (TPSA) is 113 Å². The van der Waals surface area contributed by atoms with Gasteiger partial charge >= 0.3 is 0 Å². The zero-order chi connectivity index (χ0) is 23.0. The second-order valence-corrected chi connectivity index (χ2v) is 9.84. The predicted octanol–water partition coefficient (Wildman–Crippen LogP) is 1.96. The number of fused-ring (bicyclic) bond motifs is 1. The van der Waals surface area contributed by atoms with Crippen molar-refractivity contribution in [2.24, 2.45) is 0 Å². The van der Waals surface area contributed by atoms with Gasteiger partial charge in [0.2, 0.25) is 10.0 Å². The highest BCUT2D eigenvalue weighted by Gasteiger charge is 2.35. The molecule has 0 saturated carbocycles. The number of imide groups is 1. The van der Waals surface area contributed by atoms with Gasteiger partial charge in [-0.05, 0) is 49.2 Å². The van der Waals surface area contributed by atoms with E-state index in [0.29, 0.717) is 6.61 Å². The normalized spacial score (nSPS) is 18.3. The van der Waals surface area contributed by atoms with Crippen LogP contribution in [0.2, 0.25) is 0 Å². The molecule has 0 spiro atoms. The van der Waals surface area contributed by atoms with Gasteiger partial charge in [-0.1, -0.05) is 6.07 Å². The van der Waals surface area contributed by atoms with Crippen molar-refractivity contribution in [1.82, 2.24) is 9.21 Å². The quantitative estimate of drug-likeness (QED) is 0.664. The summed E-state index contributed by atoms with van der Waals surface area (Å²) < 4.78 is 32.4. The van der Waals surface area contributed by atoms with Gasteiger partial charge in [0.1, 0.15) is 0 Å². The Morgan fingerprint density at radius 2 is 1.88 bits per heavy atom. The summed E-state index contributed by atoms with van der Waals surface area (Å²) in [4.78, 5) is 38.3. The molecule has 1 saturated heterocycles. The SMILES string of the molecule is CN1C(=O)c2cccc(NC(=O)c3ccc(S(=O)(=O)N(C)CC4CCCO4)cc3)c2C1=O. The van der Waals surface area contributed by atoms with E-state index < -0.39 is 27.7 Å². The average Bonchev–Trinajstić information content (AvgIpc) is 3.37. The smallest absolute Gasteiger partial charge is 0.263 e. The van der Waals surface area contributed by atoms with Crippen molar-refractivity contribution in [3.8, 4) is 0 Å². The number of carbonyl (C=O) groups excluding carboxylic acids is 3. The van der Waals surface area contributed by atoms with Gasteiger partial charge in [-0.15, -0.1) is 0 Å². The number of hydrogen-bond acceptors (Lipinski definition) is 6. The number of nitrogens with zero attached hydrogens (tertiary/aromatic N) is 2. The Labute approximate surface area is 186 Å². The molecule has 1 atom stereocenters. The second-order valence-electron chi connectivity index (χ2n) is 7.80. The Morgan fingerprint density at radius 3 is 2.53 bits per heavy atom. The highest BCUT2D eigenvalue weighted by Crippen LogP contribution is 2.29. The number of amides is 3. The number of ether oxygens (including phenoxy) is 1. The molecular weight excluding hydrogens is 434 g/mol. The molecule has 1 fully saturated rings. The monoisotopic (exact) mass is 457 g/mol. The Bertz CT molecular complexity index is 1190. The zero-order valence-electron chi connectivity index (χ0n) is 17.7. The van der Waals surface area contributed by atoms with E-state index in [1.165, 1.54) is 48.7 Å². The van der Waals surface area contributed by atoms with Crippen LogP contribution in [0.15, 0.2) is 47.4 Å². The lowest BCUT2D eigenvalue weighted by atomic mass is 10.1. The lowest BCUT2D eigenvalue weighted by Gasteiger charge is -2.20. The standard InChI is InChI=1S/C22H23N3O6S/c1-24(13-15-5-4-12-31-15)32(29,30)16-10-8-14(9-11-16)20(26)23-18-7-3-6-17-19(18)22(28)25(2)21(17)27/h3,6-11,15H,4-5,12-13H2,1-2H3,(H,23,26). The highest BCUT2D eigenvalue weighted by molar-refractivity contribution is 7.89. The first-order valence-electron chi connectivity index (χ1n) is 10.1. The first kappa shape index (κ1) is 22.1. The van der Waals surface area contributed by atoms with Crippen LogP contribution >= 0.6 is 0 Å². The maximum absolute atomic E-state index is 12.8. The minimum absolute atomic E-state index is 0.0672. The molecule has 2 heterocycles. The number of likely N-dealkylation sites (N-methyl/N-ethyl adjacent to an activating group) is 1. The fourth-order valence-electron chi connectivity index (χ4n) is 3.83. The molecule has 2 aromatic carbocycles. The van der Waals surface area contributed by atoms with E-state index in [1.54, 1.807) is 12.1 Å². The van der Waals surface area contributed by atoms with Gasteiger partial charge in [0, 0.05) is 32.8 Å². The number of nitrogens with one attached hydrogen (secondary N) is 1. The van der Waals surface area contributed by atoms with Crippen LogP contribution < -0.4 is 5.32 Å². The van der Waals surface area contributed by atoms with Gasteiger partial charge in [0.25, 0.3) is 17.7 Å². The number of hydrogen-bond donors (Lipinski definition) is 1. The molecule has 9 nitrogen and oxygen atoms in total. The fourth-order valence-corrected chi connectivity index (χ4v) is 5.03. The molecule has 10 heteroatoms. The minimum atomic E-state index is -3.72. The van der Waals surface area contributed by atoms with Crippen LogP contribution in [-0.4, -0.2) is 68.7 Å². The molecule has 32 heavy (non-hydrogen) atoms. The van der Waals surface area contributed by atoms with Gasteiger partial charge in [-0.25, -0.2) is 8.42 Å². The maximum atomic E-state index is 12.8. The summed E-state index contributed by atoms with van der Waals surface area (Å²) in [6.07, 6.45) is 1.63. The van der Waals surface area contributed by atoms with Gasteiger partial charge in [-0.2, -0.15) is 4.31 Å². The number of anilines is 1. The van der Waals surface area contributed by atoms with Crippen molar-refractivity contribution in [2.75, 3.05) is 32.6 Å². The molecule has 2 aliphatic rings. The van der Waals surface area contributed by atoms with Crippen LogP contribution in [0.5, 0.6) is 0 Å². The Balaban J connectivity index is 1.50. The van der Waals surface area contributed by atoms with Gasteiger partial charge in [0.05, 0.1) is 27.8 Å². The molecule has 2 aromatic rings. The van der Waals surface area contributed by atoms with E-state index in [2.05, 4.69) is 5.32 Å². The first-order valence-corrected chi connectivity index (χ1v) is 11.6. The summed E-state index contributed by atoms with van der Waals surface area (Å²) in [5, 5.41) is 2.64. The molecular formula is C22H23N3O6S. The predicted molar refractivity (Wildman–Crippen MR) is 116 cm³/mol. The summed E-state index contributed by atoms with van der Waals surface area (Å²) in [7, 11) is -0.838. The summed E-state index contributed by atoms with van der Waals surface area (Å²) in [5.74, 6) is -1.44. The van der Waals surface area contributed by atoms with Gasteiger partial charge in [0.15, 0.2) is 0 Å². The lowest BCUT2D eigenvalue weighted by molar-refractivity contribution is 0.0693. The van der Waals surface area contributed by atoms with Crippen LogP contribution in [0, 0.1) is 0 Å². The average molecular weight is 458 g/mol. The molecule has 0 aromatic heterocycles. The van der Waals surface area contributed by atoms with Crippen LogP contribution in [0.4, 0.5) is 5.69 Å². The molecule has 2 aliphatic heterocycles. The third-order valence-corrected chi connectivity index (χ3v) is 7.51. The van der Waals surface area contributed by atoms with Crippen molar-refractivity contribution in [3.63, 3.8) is 0 Å². The summed E-state index contributed by atoms with van der Waals surface area (Å²) in [6.45, 7) is 0.911. The zero-order valence-corrected chi connectivity index (χ0v) is 18.5. The molecule has 168 valence electrons. The molecule has 0 aliphatic carbocycles. The number of benzene rings is 2. The summed E-state index contributed by atoms with van der Waals surface area (Å²) in [5.41, 5.74) is 0.811. The van der Waals surface area contributed by atoms with Crippen molar-refractivity contribution < 1.29 is 27.5 Å². The molecule has 0 radical (unpaired) electrons. The Kier molecular flexibility index (Phi) is 5.85. The van der Waals surface area contributed by atoms with Crippen LogP contribution in [-0.2, 0) is 14.8 Å². The molecule has 0 bridgehead atoms. The van der Waals surface area contributed by atoms with Crippen LogP contribution in [0.1, 0.15) is 43.9 Å². The molecule has 1 N–H and O–H groups in total. The van der Waals surface area contributed by atoms with Crippen LogP contribution in [0.25, 0.3) is 0 Å². The van der Waals surface area contributed by atoms with E-state index in [-0.39, 0.29) is 39.9 Å². The van der Waals surface area contributed by atoms with Crippen molar-refractivity contribution in [3.05, 3.63) is 59.2 Å². The molecule has 3 amide bonds. The number of carbonyl (C=O) groups is 3. The van der Waals surface area contributed by atoms with E-state index in [0.717, 1.165) is 17.7 Å². The summed E-state index contributed by atoms with van der Waals surface area (Å²) >= 11 is 0. The number of rotatable bonds is 6. The lowest BCUT2D eigenvalue weighted by Crippen LogP contribution is -2.34. The highest BCUT2D eigenvalue weighted by atomic mass is 32.2. The van der Waals surface area contributed by atoms with Crippen LogP contribution in [0.3, 0.4) is 0 Å². The molecule has 4 rings (SSSR count). The largest absolute Gasteiger partial charge is 0.377 e. The third-order valence-electron chi connectivity index (χ3n) is 5.68. The second kappa shape index (κ2) is 8.45. The Hall–Kier alpha value is -3.08. The van der Waals surface area contributed by atoms with Crippen molar-refractivity contribution in [1.29, 1.82) is 0 Å². The fraction of sp³-hybridized carbons (Fsp3) is 0.318. The van der Waals surface area contributed by atoms with Gasteiger partial charge < -0.3 is 10.1 Å². The Morgan fingerprint density at radius 1 is 1.16 bits per heavy atom.